The van der Waals surface area contributed by atoms with Crippen molar-refractivity contribution < 1.29 is 4.52 Å². The highest BCUT2D eigenvalue weighted by Crippen LogP contribution is 2.32. The summed E-state index contributed by atoms with van der Waals surface area (Å²) in [6.07, 6.45) is 2.85. The highest BCUT2D eigenvalue weighted by molar-refractivity contribution is 5.31. The highest BCUT2D eigenvalue weighted by Gasteiger charge is 2.39. The Morgan fingerprint density at radius 3 is 2.81 bits per heavy atom. The molecule has 0 radical (unpaired) electrons. The van der Waals surface area contributed by atoms with Gasteiger partial charge in [-0.2, -0.15) is 4.98 Å². The molecule has 1 atom stereocenters. The predicted molar refractivity (Wildman–Crippen MR) is 82.5 cm³/mol. The van der Waals surface area contributed by atoms with Gasteiger partial charge < -0.3 is 9.84 Å². The van der Waals surface area contributed by atoms with Gasteiger partial charge in [0, 0.05) is 13.0 Å². The molecular weight excluding hydrogens is 262 g/mol. The minimum Gasteiger partial charge on any atom is -0.339 e. The zero-order valence-electron chi connectivity index (χ0n) is 13.1. The molecule has 1 aromatic heterocycles. The van der Waals surface area contributed by atoms with Crippen molar-refractivity contribution in [2.24, 2.45) is 0 Å². The van der Waals surface area contributed by atoms with E-state index in [2.05, 4.69) is 54.4 Å². The summed E-state index contributed by atoms with van der Waals surface area (Å²) in [5.41, 5.74) is 3.89. The maximum Gasteiger partial charge on any atom is 0.234 e. The molecule has 0 amide bonds. The number of aromatic nitrogens is 2. The van der Waals surface area contributed by atoms with Gasteiger partial charge in [0.2, 0.25) is 5.89 Å². The number of benzene rings is 1. The molecule has 1 unspecified atom stereocenters. The van der Waals surface area contributed by atoms with E-state index < -0.39 is 0 Å². The van der Waals surface area contributed by atoms with Gasteiger partial charge in [-0.25, -0.2) is 0 Å². The average Bonchev–Trinajstić information content (AvgIpc) is 3.12. The van der Waals surface area contributed by atoms with E-state index in [9.17, 15) is 0 Å². The molecule has 21 heavy (non-hydrogen) atoms. The molecule has 2 aromatic rings. The normalized spacial score (nSPS) is 21.9. The molecule has 0 aliphatic carbocycles. The van der Waals surface area contributed by atoms with Crippen molar-refractivity contribution in [1.29, 1.82) is 0 Å². The maximum atomic E-state index is 5.57. The Labute approximate surface area is 126 Å². The monoisotopic (exact) mass is 285 g/mol. The number of hydrogen-bond acceptors (Lipinski definition) is 4. The molecule has 1 aliphatic heterocycles. The van der Waals surface area contributed by atoms with Crippen molar-refractivity contribution in [2.75, 3.05) is 13.1 Å². The van der Waals surface area contributed by atoms with E-state index in [-0.39, 0.29) is 5.41 Å². The standard InChI is InChI=1S/C17H23N3O/c1-4-17(7-8-18-11-17)16-19-15(20-21-16)10-14-6-5-12(2)13(3)9-14/h5-6,9,18H,4,7-8,10-11H2,1-3H3. The fourth-order valence-electron chi connectivity index (χ4n) is 3.02. The molecule has 112 valence electrons. The Morgan fingerprint density at radius 2 is 2.14 bits per heavy atom. The molecule has 4 nitrogen and oxygen atoms in total. The molecule has 3 rings (SSSR count). The van der Waals surface area contributed by atoms with E-state index in [1.54, 1.807) is 0 Å². The SMILES string of the molecule is CCC1(c2nc(Cc3ccc(C)c(C)c3)no2)CCNC1. The minimum atomic E-state index is 0.0362. The zero-order valence-corrected chi connectivity index (χ0v) is 13.1. The molecule has 2 heterocycles. The second kappa shape index (κ2) is 5.60. The van der Waals surface area contributed by atoms with Crippen molar-refractivity contribution >= 4 is 0 Å². The van der Waals surface area contributed by atoms with Crippen LogP contribution in [-0.4, -0.2) is 23.2 Å². The molecule has 0 saturated carbocycles. The van der Waals surface area contributed by atoms with Gasteiger partial charge in [-0.1, -0.05) is 30.3 Å². The molecule has 4 heteroatoms. The van der Waals surface area contributed by atoms with Gasteiger partial charge in [0.05, 0.1) is 5.41 Å². The van der Waals surface area contributed by atoms with Crippen LogP contribution in [0.2, 0.25) is 0 Å². The Balaban J connectivity index is 1.80. The number of nitrogens with one attached hydrogen (secondary N) is 1. The van der Waals surface area contributed by atoms with Gasteiger partial charge in [0.15, 0.2) is 5.82 Å². The minimum absolute atomic E-state index is 0.0362. The summed E-state index contributed by atoms with van der Waals surface area (Å²) in [7, 11) is 0. The third-order valence-corrected chi connectivity index (χ3v) is 4.78. The van der Waals surface area contributed by atoms with Crippen molar-refractivity contribution in [2.45, 2.75) is 45.4 Å². The van der Waals surface area contributed by atoms with Crippen molar-refractivity contribution in [3.63, 3.8) is 0 Å². The quantitative estimate of drug-likeness (QED) is 0.938. The van der Waals surface area contributed by atoms with Crippen LogP contribution in [0.15, 0.2) is 22.7 Å². The Hall–Kier alpha value is -1.68. The van der Waals surface area contributed by atoms with Gasteiger partial charge in [0.1, 0.15) is 0 Å². The number of rotatable bonds is 4. The zero-order chi connectivity index (χ0) is 14.9. The number of nitrogens with zero attached hydrogens (tertiary/aromatic N) is 2. The largest absolute Gasteiger partial charge is 0.339 e. The lowest BCUT2D eigenvalue weighted by Crippen LogP contribution is -2.28. The molecule has 1 saturated heterocycles. The predicted octanol–water partition coefficient (Wildman–Crippen LogP) is 2.92. The Morgan fingerprint density at radius 1 is 1.29 bits per heavy atom. The van der Waals surface area contributed by atoms with Crippen LogP contribution in [-0.2, 0) is 11.8 Å². The second-order valence-electron chi connectivity index (χ2n) is 6.17. The van der Waals surface area contributed by atoms with Crippen LogP contribution < -0.4 is 5.32 Å². The van der Waals surface area contributed by atoms with Gasteiger partial charge in [-0.3, -0.25) is 0 Å². The topological polar surface area (TPSA) is 51.0 Å². The number of aryl methyl sites for hydroxylation is 2. The van der Waals surface area contributed by atoms with Crippen molar-refractivity contribution in [3.8, 4) is 0 Å². The van der Waals surface area contributed by atoms with E-state index in [1.165, 1.54) is 16.7 Å². The third kappa shape index (κ3) is 2.72. The second-order valence-corrected chi connectivity index (χ2v) is 6.17. The Kier molecular flexibility index (Phi) is 3.81. The van der Waals surface area contributed by atoms with E-state index in [0.717, 1.165) is 44.1 Å². The smallest absolute Gasteiger partial charge is 0.234 e. The van der Waals surface area contributed by atoms with Gasteiger partial charge in [0.25, 0.3) is 0 Å². The lowest BCUT2D eigenvalue weighted by molar-refractivity contribution is 0.283. The maximum absolute atomic E-state index is 5.57. The molecule has 1 aliphatic rings. The first-order valence-electron chi connectivity index (χ1n) is 7.73. The first-order chi connectivity index (χ1) is 10.1. The van der Waals surface area contributed by atoms with E-state index >= 15 is 0 Å². The highest BCUT2D eigenvalue weighted by atomic mass is 16.5. The van der Waals surface area contributed by atoms with E-state index in [1.807, 2.05) is 0 Å². The molecule has 0 bridgehead atoms. The van der Waals surface area contributed by atoms with Crippen LogP contribution in [0, 0.1) is 13.8 Å². The average molecular weight is 285 g/mol. The summed E-state index contributed by atoms with van der Waals surface area (Å²) in [4.78, 5) is 4.66. The number of hydrogen-bond donors (Lipinski definition) is 1. The van der Waals surface area contributed by atoms with E-state index in [4.69, 9.17) is 4.52 Å². The summed E-state index contributed by atoms with van der Waals surface area (Å²) in [6, 6.07) is 6.50. The summed E-state index contributed by atoms with van der Waals surface area (Å²) in [5.74, 6) is 1.59. The van der Waals surface area contributed by atoms with Crippen LogP contribution in [0.3, 0.4) is 0 Å². The molecule has 1 N–H and O–H groups in total. The lowest BCUT2D eigenvalue weighted by Gasteiger charge is -2.20. The van der Waals surface area contributed by atoms with Gasteiger partial charge in [-0.05, 0) is 49.9 Å². The fraction of sp³-hybridized carbons (Fsp3) is 0.529. The van der Waals surface area contributed by atoms with Crippen LogP contribution in [0.25, 0.3) is 0 Å². The van der Waals surface area contributed by atoms with Crippen LogP contribution in [0.4, 0.5) is 0 Å². The van der Waals surface area contributed by atoms with Crippen LogP contribution in [0.5, 0.6) is 0 Å². The lowest BCUT2D eigenvalue weighted by atomic mass is 9.84. The summed E-state index contributed by atoms with van der Waals surface area (Å²) >= 11 is 0. The third-order valence-electron chi connectivity index (χ3n) is 4.78. The molecule has 1 aromatic carbocycles. The van der Waals surface area contributed by atoms with Crippen molar-refractivity contribution in [3.05, 3.63) is 46.6 Å². The van der Waals surface area contributed by atoms with E-state index in [0.29, 0.717) is 0 Å². The summed E-state index contributed by atoms with van der Waals surface area (Å²) in [6.45, 7) is 8.43. The molecule has 0 spiro atoms. The van der Waals surface area contributed by atoms with Crippen LogP contribution in [0.1, 0.15) is 48.2 Å². The van der Waals surface area contributed by atoms with Crippen molar-refractivity contribution in [1.82, 2.24) is 15.5 Å². The summed E-state index contributed by atoms with van der Waals surface area (Å²) in [5, 5.41) is 7.59. The Bertz CT molecular complexity index is 627. The first-order valence-corrected chi connectivity index (χ1v) is 7.73. The molecule has 1 fully saturated rings. The summed E-state index contributed by atoms with van der Waals surface area (Å²) < 4.78 is 5.57. The van der Waals surface area contributed by atoms with Crippen LogP contribution >= 0.6 is 0 Å². The first kappa shape index (κ1) is 14.3. The van der Waals surface area contributed by atoms with Gasteiger partial charge in [-0.15, -0.1) is 0 Å². The van der Waals surface area contributed by atoms with Gasteiger partial charge >= 0.3 is 0 Å². The fourth-order valence-corrected chi connectivity index (χ4v) is 3.02. The molecular formula is C17H23N3O.